The third-order valence-corrected chi connectivity index (χ3v) is 2.55. The third-order valence-electron chi connectivity index (χ3n) is 1.64. The summed E-state index contributed by atoms with van der Waals surface area (Å²) in [6.45, 7) is -0.673. The molecule has 1 N–H and O–H groups in total. The van der Waals surface area contributed by atoms with E-state index >= 15 is 0 Å². The molecule has 9 heteroatoms. The van der Waals surface area contributed by atoms with Crippen molar-refractivity contribution < 1.29 is 32.3 Å². The van der Waals surface area contributed by atoms with Crippen LogP contribution in [-0.2, 0) is 23.4 Å². The topological polar surface area (TPSA) is 90.9 Å². The standard InChI is InChI=1S/C8H9FNO6P/c1-2-3-15-17(9,13)10-8(12)16-6-4-7(11)14-5-6/h1,6H,3-5H2,(H,10,12,13). The van der Waals surface area contributed by atoms with Crippen LogP contribution in [-0.4, -0.2) is 31.4 Å². The molecule has 0 aromatic heterocycles. The smallest absolute Gasteiger partial charge is 0.462 e. The van der Waals surface area contributed by atoms with E-state index in [1.54, 1.807) is 0 Å². The highest BCUT2D eigenvalue weighted by molar-refractivity contribution is 7.52. The lowest BCUT2D eigenvalue weighted by Crippen LogP contribution is -2.27. The highest BCUT2D eigenvalue weighted by Crippen LogP contribution is 2.43. The molecule has 7 nitrogen and oxygen atoms in total. The fraction of sp³-hybridized carbons (Fsp3) is 0.500. The minimum atomic E-state index is -4.83. The van der Waals surface area contributed by atoms with Crippen molar-refractivity contribution in [1.82, 2.24) is 5.09 Å². The van der Waals surface area contributed by atoms with Gasteiger partial charge in [-0.2, -0.15) is 0 Å². The third kappa shape index (κ3) is 4.85. The number of hydrogen-bond donors (Lipinski definition) is 1. The number of ether oxygens (including phenoxy) is 2. The summed E-state index contributed by atoms with van der Waals surface area (Å²) in [5.41, 5.74) is 0. The Morgan fingerprint density at radius 1 is 1.76 bits per heavy atom. The molecule has 1 amide bonds. The second-order valence-corrected chi connectivity index (χ2v) is 4.42. The lowest BCUT2D eigenvalue weighted by Gasteiger charge is -2.12. The van der Waals surface area contributed by atoms with Gasteiger partial charge < -0.3 is 9.47 Å². The van der Waals surface area contributed by atoms with Gasteiger partial charge in [0.25, 0.3) is 0 Å². The predicted molar refractivity (Wildman–Crippen MR) is 52.5 cm³/mol. The summed E-state index contributed by atoms with van der Waals surface area (Å²) in [5.74, 6) is 1.35. The number of terminal acetylenes is 1. The van der Waals surface area contributed by atoms with Crippen LogP contribution in [0.15, 0.2) is 0 Å². The maximum Gasteiger partial charge on any atom is 0.476 e. The quantitative estimate of drug-likeness (QED) is 0.458. The average molecular weight is 265 g/mol. The molecule has 17 heavy (non-hydrogen) atoms. The SMILES string of the molecule is C#CCOP(=O)(F)NC(=O)OC1COC(=O)C1. The number of carbonyl (C=O) groups excluding carboxylic acids is 2. The molecule has 94 valence electrons. The monoisotopic (exact) mass is 265 g/mol. The summed E-state index contributed by atoms with van der Waals surface area (Å²) >= 11 is 0. The summed E-state index contributed by atoms with van der Waals surface area (Å²) in [6, 6.07) is 0. The molecule has 1 aliphatic heterocycles. The maximum atomic E-state index is 13.0. The predicted octanol–water partition coefficient (Wildman–Crippen LogP) is 0.756. The minimum absolute atomic E-state index is 0.117. The Hall–Kier alpha value is -1.58. The van der Waals surface area contributed by atoms with Gasteiger partial charge in [0.2, 0.25) is 0 Å². The molecule has 1 aliphatic rings. The van der Waals surface area contributed by atoms with E-state index < -0.39 is 32.6 Å². The first-order valence-corrected chi connectivity index (χ1v) is 5.97. The summed E-state index contributed by atoms with van der Waals surface area (Å²) in [5, 5.41) is 1.38. The Morgan fingerprint density at radius 3 is 3.00 bits per heavy atom. The van der Waals surface area contributed by atoms with Crippen LogP contribution >= 0.6 is 7.83 Å². The molecule has 0 spiro atoms. The zero-order valence-electron chi connectivity index (χ0n) is 8.55. The van der Waals surface area contributed by atoms with E-state index in [-0.39, 0.29) is 13.0 Å². The molecule has 0 radical (unpaired) electrons. The number of halogens is 1. The number of cyclic esters (lactones) is 1. The van der Waals surface area contributed by atoms with E-state index in [0.29, 0.717) is 0 Å². The van der Waals surface area contributed by atoms with Gasteiger partial charge in [-0.15, -0.1) is 10.6 Å². The second-order valence-electron chi connectivity index (χ2n) is 2.98. The summed E-state index contributed by atoms with van der Waals surface area (Å²) in [7, 11) is -4.83. The van der Waals surface area contributed by atoms with Gasteiger partial charge in [-0.1, -0.05) is 5.92 Å². The molecule has 1 fully saturated rings. The molecule has 0 aromatic rings. The van der Waals surface area contributed by atoms with Crippen molar-refractivity contribution in [3.63, 3.8) is 0 Å². The van der Waals surface area contributed by atoms with E-state index in [1.165, 1.54) is 5.09 Å². The minimum Gasteiger partial charge on any atom is -0.462 e. The van der Waals surface area contributed by atoms with Gasteiger partial charge in [-0.05, 0) is 0 Å². The van der Waals surface area contributed by atoms with Crippen LogP contribution < -0.4 is 5.09 Å². The summed E-state index contributed by atoms with van der Waals surface area (Å²) in [6.07, 6.45) is 2.49. The largest absolute Gasteiger partial charge is 0.476 e. The fourth-order valence-corrected chi connectivity index (χ4v) is 1.58. The van der Waals surface area contributed by atoms with Gasteiger partial charge in [0.1, 0.15) is 19.3 Å². The Labute approximate surface area is 96.2 Å². The molecule has 1 saturated heterocycles. The van der Waals surface area contributed by atoms with Crippen molar-refractivity contribution in [3.8, 4) is 12.3 Å². The van der Waals surface area contributed by atoms with Crippen molar-refractivity contribution >= 4 is 19.9 Å². The first-order chi connectivity index (χ1) is 7.93. The molecule has 2 unspecified atom stereocenters. The van der Waals surface area contributed by atoms with Gasteiger partial charge in [0, 0.05) is 0 Å². The molecule has 2 atom stereocenters. The van der Waals surface area contributed by atoms with Crippen molar-refractivity contribution in [3.05, 3.63) is 0 Å². The average Bonchev–Trinajstić information content (AvgIpc) is 2.60. The zero-order chi connectivity index (χ0) is 12.9. The van der Waals surface area contributed by atoms with E-state index in [9.17, 15) is 18.4 Å². The number of amides is 1. The van der Waals surface area contributed by atoms with E-state index in [2.05, 4.69) is 14.0 Å². The number of hydrogen-bond acceptors (Lipinski definition) is 6. The summed E-state index contributed by atoms with van der Waals surface area (Å²) < 4.78 is 37.1. The first kappa shape index (κ1) is 13.5. The van der Waals surface area contributed by atoms with Crippen molar-refractivity contribution in [2.45, 2.75) is 12.5 Å². The Kier molecular flexibility index (Phi) is 4.49. The first-order valence-electron chi connectivity index (χ1n) is 4.45. The number of nitrogens with one attached hydrogen (secondary N) is 1. The number of esters is 1. The van der Waals surface area contributed by atoms with Gasteiger partial charge >= 0.3 is 19.9 Å². The van der Waals surface area contributed by atoms with Gasteiger partial charge in [0.15, 0.2) is 0 Å². The molecule has 1 heterocycles. The normalized spacial score (nSPS) is 22.1. The lowest BCUT2D eigenvalue weighted by atomic mass is 10.3. The van der Waals surface area contributed by atoms with Crippen LogP contribution in [0.4, 0.5) is 8.99 Å². The van der Waals surface area contributed by atoms with Gasteiger partial charge in [-0.25, -0.2) is 14.4 Å². The Balaban J connectivity index is 2.36. The maximum absolute atomic E-state index is 13.0. The second kappa shape index (κ2) is 5.66. The van der Waals surface area contributed by atoms with Crippen LogP contribution in [0.3, 0.4) is 0 Å². The van der Waals surface area contributed by atoms with E-state index in [4.69, 9.17) is 6.42 Å². The lowest BCUT2D eigenvalue weighted by molar-refractivity contribution is -0.137. The Morgan fingerprint density at radius 2 is 2.47 bits per heavy atom. The van der Waals surface area contributed by atoms with Crippen LogP contribution in [0.2, 0.25) is 0 Å². The van der Waals surface area contributed by atoms with Crippen LogP contribution in [0, 0.1) is 12.3 Å². The van der Waals surface area contributed by atoms with E-state index in [0.717, 1.165) is 0 Å². The van der Waals surface area contributed by atoms with Gasteiger partial charge in [0.05, 0.1) is 6.42 Å². The molecule has 0 bridgehead atoms. The molecular formula is C8H9FNO6P. The molecular weight excluding hydrogens is 256 g/mol. The highest BCUT2D eigenvalue weighted by atomic mass is 31.2. The molecule has 1 rings (SSSR count). The zero-order valence-corrected chi connectivity index (χ0v) is 9.45. The highest BCUT2D eigenvalue weighted by Gasteiger charge is 2.31. The molecule has 0 saturated carbocycles. The number of carbonyl (C=O) groups is 2. The molecule has 0 aromatic carbocycles. The van der Waals surface area contributed by atoms with Gasteiger partial charge in [-0.3, -0.25) is 9.32 Å². The molecule has 0 aliphatic carbocycles. The Bertz CT molecular complexity index is 405. The van der Waals surface area contributed by atoms with Crippen LogP contribution in [0.25, 0.3) is 0 Å². The van der Waals surface area contributed by atoms with Crippen LogP contribution in [0.1, 0.15) is 6.42 Å². The van der Waals surface area contributed by atoms with Crippen molar-refractivity contribution in [2.24, 2.45) is 0 Å². The van der Waals surface area contributed by atoms with Crippen LogP contribution in [0.5, 0.6) is 0 Å². The van der Waals surface area contributed by atoms with E-state index in [1.807, 2.05) is 5.92 Å². The number of rotatable bonds is 4. The fourth-order valence-electron chi connectivity index (χ4n) is 1.00. The van der Waals surface area contributed by atoms with Crippen molar-refractivity contribution in [2.75, 3.05) is 13.2 Å². The van der Waals surface area contributed by atoms with Crippen molar-refractivity contribution in [1.29, 1.82) is 0 Å². The summed E-state index contributed by atoms with van der Waals surface area (Å²) in [4.78, 5) is 21.7.